The summed E-state index contributed by atoms with van der Waals surface area (Å²) >= 11 is 7.22. The molecule has 0 saturated heterocycles. The first-order valence-corrected chi connectivity index (χ1v) is 6.89. The van der Waals surface area contributed by atoms with E-state index >= 15 is 0 Å². The van der Waals surface area contributed by atoms with Gasteiger partial charge in [0.1, 0.15) is 6.10 Å². The van der Waals surface area contributed by atoms with Crippen molar-refractivity contribution in [1.82, 2.24) is 4.98 Å². The quantitative estimate of drug-likeness (QED) is 0.915. The summed E-state index contributed by atoms with van der Waals surface area (Å²) in [4.78, 5) is 16.8. The predicted octanol–water partition coefficient (Wildman–Crippen LogP) is 3.09. The maximum absolute atomic E-state index is 11.4. The lowest BCUT2D eigenvalue weighted by atomic mass is 10.1. The molecule has 1 heterocycles. The monoisotopic (exact) mass is 296 g/mol. The van der Waals surface area contributed by atoms with Crippen LogP contribution in [0, 0.1) is 6.92 Å². The molecule has 1 aromatic heterocycles. The molecule has 0 aliphatic heterocycles. The Balaban J connectivity index is 2.26. The van der Waals surface area contributed by atoms with E-state index in [1.165, 1.54) is 18.3 Å². The first kappa shape index (κ1) is 14.0. The summed E-state index contributed by atoms with van der Waals surface area (Å²) in [5.74, 6) is -0.462. The number of hydrogen-bond acceptors (Lipinski definition) is 4. The molecule has 1 aromatic carbocycles. The number of amides is 1. The van der Waals surface area contributed by atoms with Gasteiger partial charge in [0.2, 0.25) is 0 Å². The molecule has 1 atom stereocenters. The average molecular weight is 297 g/mol. The Morgan fingerprint density at radius 2 is 2.05 bits per heavy atom. The molecule has 4 nitrogen and oxygen atoms in total. The lowest BCUT2D eigenvalue weighted by Gasteiger charge is -2.02. The number of aliphatic hydroxyl groups is 1. The van der Waals surface area contributed by atoms with E-state index in [0.717, 1.165) is 16.1 Å². The molecule has 2 rings (SSSR count). The number of aliphatic hydroxyl groups excluding tert-OH is 1. The molecule has 0 aliphatic carbocycles. The first-order valence-electron chi connectivity index (χ1n) is 5.69. The van der Waals surface area contributed by atoms with Crippen LogP contribution in [0.5, 0.6) is 0 Å². The Kier molecular flexibility index (Phi) is 4.19. The number of nitrogens with zero attached hydrogens (tertiary/aromatic N) is 1. The van der Waals surface area contributed by atoms with Gasteiger partial charge in [-0.2, -0.15) is 0 Å². The minimum atomic E-state index is -1.05. The molecule has 100 valence electrons. The van der Waals surface area contributed by atoms with E-state index in [1.807, 2.05) is 19.1 Å². The summed E-state index contributed by atoms with van der Waals surface area (Å²) in [6.45, 7) is 3.34. The largest absolute Gasteiger partial charge is 0.384 e. The van der Waals surface area contributed by atoms with E-state index in [2.05, 4.69) is 10.3 Å². The van der Waals surface area contributed by atoms with Gasteiger partial charge < -0.3 is 5.11 Å². The zero-order valence-electron chi connectivity index (χ0n) is 10.5. The van der Waals surface area contributed by atoms with Crippen LogP contribution in [0.3, 0.4) is 0 Å². The van der Waals surface area contributed by atoms with Crippen molar-refractivity contribution in [1.29, 1.82) is 0 Å². The number of halogens is 1. The Labute approximate surface area is 120 Å². The second-order valence-electron chi connectivity index (χ2n) is 4.10. The number of benzene rings is 1. The highest BCUT2D eigenvalue weighted by molar-refractivity contribution is 7.16. The van der Waals surface area contributed by atoms with Crippen molar-refractivity contribution < 1.29 is 9.90 Å². The van der Waals surface area contributed by atoms with Gasteiger partial charge in [0.05, 0.1) is 5.69 Å². The molecule has 0 bridgehead atoms. The fraction of sp³-hybridized carbons (Fsp3) is 0.231. The van der Waals surface area contributed by atoms with Crippen molar-refractivity contribution >= 4 is 34.0 Å². The Morgan fingerprint density at radius 3 is 2.63 bits per heavy atom. The summed E-state index contributed by atoms with van der Waals surface area (Å²) in [6.07, 6.45) is -1.05. The minimum absolute atomic E-state index is 0.462. The number of hydrogen-bond donors (Lipinski definition) is 2. The standard InChI is InChI=1S/C13H13ClN2O2S/c1-7(17)12(18)16-13-15-11(8(2)19-13)9-3-5-10(14)6-4-9/h3-7,17H,1-2H3,(H,15,16,18). The molecule has 2 N–H and O–H groups in total. The Bertz CT molecular complexity index is 593. The van der Waals surface area contributed by atoms with Crippen LogP contribution in [0.25, 0.3) is 11.3 Å². The van der Waals surface area contributed by atoms with Crippen LogP contribution >= 0.6 is 22.9 Å². The minimum Gasteiger partial charge on any atom is -0.384 e. The number of thiazole rings is 1. The SMILES string of the molecule is Cc1sc(NC(=O)C(C)O)nc1-c1ccc(Cl)cc1. The van der Waals surface area contributed by atoms with E-state index in [-0.39, 0.29) is 0 Å². The molecule has 1 amide bonds. The highest BCUT2D eigenvalue weighted by Crippen LogP contribution is 2.30. The highest BCUT2D eigenvalue weighted by atomic mass is 35.5. The van der Waals surface area contributed by atoms with Gasteiger partial charge in [-0.05, 0) is 26.0 Å². The van der Waals surface area contributed by atoms with Gasteiger partial charge in [-0.3, -0.25) is 10.1 Å². The topological polar surface area (TPSA) is 62.2 Å². The number of aromatic nitrogens is 1. The van der Waals surface area contributed by atoms with Crippen molar-refractivity contribution in [2.45, 2.75) is 20.0 Å². The van der Waals surface area contributed by atoms with Crippen molar-refractivity contribution in [2.24, 2.45) is 0 Å². The van der Waals surface area contributed by atoms with Crippen molar-refractivity contribution in [3.8, 4) is 11.3 Å². The smallest absolute Gasteiger partial charge is 0.254 e. The molecule has 19 heavy (non-hydrogen) atoms. The van der Waals surface area contributed by atoms with Gasteiger partial charge in [0.25, 0.3) is 5.91 Å². The highest BCUT2D eigenvalue weighted by Gasteiger charge is 2.14. The summed E-state index contributed by atoms with van der Waals surface area (Å²) in [7, 11) is 0. The van der Waals surface area contributed by atoms with E-state index < -0.39 is 12.0 Å². The fourth-order valence-electron chi connectivity index (χ4n) is 1.54. The van der Waals surface area contributed by atoms with Gasteiger partial charge in [0, 0.05) is 15.5 Å². The van der Waals surface area contributed by atoms with Gasteiger partial charge in [-0.25, -0.2) is 4.98 Å². The number of carbonyl (C=O) groups excluding carboxylic acids is 1. The summed E-state index contributed by atoms with van der Waals surface area (Å²) < 4.78 is 0. The molecule has 2 aromatic rings. The van der Waals surface area contributed by atoms with Gasteiger partial charge in [0.15, 0.2) is 5.13 Å². The lowest BCUT2D eigenvalue weighted by molar-refractivity contribution is -0.123. The normalized spacial score (nSPS) is 12.2. The summed E-state index contributed by atoms with van der Waals surface area (Å²) in [5, 5.41) is 12.9. The zero-order valence-corrected chi connectivity index (χ0v) is 12.0. The van der Waals surface area contributed by atoms with Crippen LogP contribution in [-0.4, -0.2) is 22.1 Å². The Hall–Kier alpha value is -1.43. The lowest BCUT2D eigenvalue weighted by Crippen LogP contribution is -2.24. The van der Waals surface area contributed by atoms with E-state index in [4.69, 9.17) is 16.7 Å². The molecule has 6 heteroatoms. The molecular formula is C13H13ClN2O2S. The fourth-order valence-corrected chi connectivity index (χ4v) is 2.50. The third-order valence-electron chi connectivity index (χ3n) is 2.52. The Morgan fingerprint density at radius 1 is 1.42 bits per heavy atom. The molecule has 0 aliphatic rings. The number of carbonyl (C=O) groups is 1. The summed E-state index contributed by atoms with van der Waals surface area (Å²) in [6, 6.07) is 7.35. The molecule has 0 spiro atoms. The number of nitrogens with one attached hydrogen (secondary N) is 1. The van der Waals surface area contributed by atoms with Crippen LogP contribution in [0.15, 0.2) is 24.3 Å². The van der Waals surface area contributed by atoms with Crippen LogP contribution in [0.4, 0.5) is 5.13 Å². The maximum atomic E-state index is 11.4. The molecule has 1 unspecified atom stereocenters. The molecule has 0 radical (unpaired) electrons. The maximum Gasteiger partial charge on any atom is 0.254 e. The van der Waals surface area contributed by atoms with E-state index in [1.54, 1.807) is 12.1 Å². The first-order chi connectivity index (χ1) is 8.97. The van der Waals surface area contributed by atoms with Crippen LogP contribution in [0.1, 0.15) is 11.8 Å². The van der Waals surface area contributed by atoms with Crippen molar-refractivity contribution in [3.05, 3.63) is 34.2 Å². The molecular weight excluding hydrogens is 284 g/mol. The van der Waals surface area contributed by atoms with Crippen LogP contribution in [0.2, 0.25) is 5.02 Å². The summed E-state index contributed by atoms with van der Waals surface area (Å²) in [5.41, 5.74) is 1.75. The van der Waals surface area contributed by atoms with Crippen molar-refractivity contribution in [3.63, 3.8) is 0 Å². The number of aryl methyl sites for hydroxylation is 1. The molecule has 0 saturated carbocycles. The van der Waals surface area contributed by atoms with Gasteiger partial charge in [-0.1, -0.05) is 23.7 Å². The second-order valence-corrected chi connectivity index (χ2v) is 5.74. The van der Waals surface area contributed by atoms with E-state index in [0.29, 0.717) is 10.2 Å². The second kappa shape index (κ2) is 5.69. The predicted molar refractivity (Wildman–Crippen MR) is 77.6 cm³/mol. The van der Waals surface area contributed by atoms with Crippen LogP contribution in [-0.2, 0) is 4.79 Å². The third-order valence-corrected chi connectivity index (χ3v) is 3.66. The third kappa shape index (κ3) is 3.32. The van der Waals surface area contributed by atoms with Crippen molar-refractivity contribution in [2.75, 3.05) is 5.32 Å². The van der Waals surface area contributed by atoms with Crippen LogP contribution < -0.4 is 5.32 Å². The zero-order chi connectivity index (χ0) is 14.0. The average Bonchev–Trinajstić information content (AvgIpc) is 2.71. The van der Waals surface area contributed by atoms with E-state index in [9.17, 15) is 4.79 Å². The number of rotatable bonds is 3. The number of anilines is 1. The van der Waals surface area contributed by atoms with Gasteiger partial charge >= 0.3 is 0 Å². The molecule has 0 fully saturated rings. The van der Waals surface area contributed by atoms with Gasteiger partial charge in [-0.15, -0.1) is 11.3 Å².